The molecule has 0 radical (unpaired) electrons. The van der Waals surface area contributed by atoms with Crippen LogP contribution in [0.1, 0.15) is 34.8 Å². The Morgan fingerprint density at radius 2 is 1.89 bits per heavy atom. The lowest BCUT2D eigenvalue weighted by molar-refractivity contribution is 0.0733. The first-order valence-corrected chi connectivity index (χ1v) is 9.42. The standard InChI is InChI=1S/C22H27NO5/c1-25-12-13-28-18-7-4-6-16(14-18)22(24)23-11-5-8-20(23)19-10-9-17(26-2)15-21(19)27-3/h4,6-7,9-10,14-15,20H,5,8,11-13H2,1-3H3. The maximum absolute atomic E-state index is 13.2. The summed E-state index contributed by atoms with van der Waals surface area (Å²) in [6.07, 6.45) is 1.86. The number of hydrogen-bond donors (Lipinski definition) is 0. The molecule has 6 heteroatoms. The van der Waals surface area contributed by atoms with Gasteiger partial charge in [-0.2, -0.15) is 0 Å². The maximum atomic E-state index is 13.2. The van der Waals surface area contributed by atoms with Gasteiger partial charge >= 0.3 is 0 Å². The third kappa shape index (κ3) is 4.39. The van der Waals surface area contributed by atoms with Gasteiger partial charge in [0.2, 0.25) is 0 Å². The lowest BCUT2D eigenvalue weighted by Crippen LogP contribution is -2.30. The van der Waals surface area contributed by atoms with E-state index in [9.17, 15) is 4.79 Å². The average Bonchev–Trinajstić information content (AvgIpc) is 3.22. The summed E-state index contributed by atoms with van der Waals surface area (Å²) in [5.74, 6) is 2.14. The Morgan fingerprint density at radius 3 is 2.64 bits per heavy atom. The number of benzene rings is 2. The second-order valence-electron chi connectivity index (χ2n) is 6.63. The SMILES string of the molecule is COCCOc1cccc(C(=O)N2CCCC2c2ccc(OC)cc2OC)c1. The van der Waals surface area contributed by atoms with Crippen LogP contribution >= 0.6 is 0 Å². The third-order valence-corrected chi connectivity index (χ3v) is 4.95. The van der Waals surface area contributed by atoms with Crippen molar-refractivity contribution in [3.05, 3.63) is 53.6 Å². The summed E-state index contributed by atoms with van der Waals surface area (Å²) in [5.41, 5.74) is 1.62. The molecule has 3 rings (SSSR count). The van der Waals surface area contributed by atoms with Crippen LogP contribution in [0.5, 0.6) is 17.2 Å². The molecule has 150 valence electrons. The van der Waals surface area contributed by atoms with Crippen LogP contribution < -0.4 is 14.2 Å². The molecule has 0 aliphatic carbocycles. The van der Waals surface area contributed by atoms with Gasteiger partial charge in [0, 0.05) is 30.8 Å². The van der Waals surface area contributed by atoms with Crippen LogP contribution in [0.25, 0.3) is 0 Å². The molecule has 28 heavy (non-hydrogen) atoms. The lowest BCUT2D eigenvalue weighted by atomic mass is 10.0. The number of ether oxygens (including phenoxy) is 4. The topological polar surface area (TPSA) is 57.2 Å². The van der Waals surface area contributed by atoms with Crippen LogP contribution in [-0.2, 0) is 4.74 Å². The normalized spacial score (nSPS) is 16.1. The van der Waals surface area contributed by atoms with Crippen LogP contribution in [0, 0.1) is 0 Å². The van der Waals surface area contributed by atoms with Gasteiger partial charge in [0.05, 0.1) is 26.9 Å². The Balaban J connectivity index is 1.81. The zero-order chi connectivity index (χ0) is 19.9. The zero-order valence-corrected chi connectivity index (χ0v) is 16.6. The third-order valence-electron chi connectivity index (χ3n) is 4.95. The van der Waals surface area contributed by atoms with Crippen LogP contribution in [-0.4, -0.2) is 51.9 Å². The Labute approximate surface area is 166 Å². The fraction of sp³-hybridized carbons (Fsp3) is 0.409. The Morgan fingerprint density at radius 1 is 1.04 bits per heavy atom. The highest BCUT2D eigenvalue weighted by atomic mass is 16.5. The van der Waals surface area contributed by atoms with E-state index in [0.29, 0.717) is 31.1 Å². The van der Waals surface area contributed by atoms with Crippen LogP contribution in [0.15, 0.2) is 42.5 Å². The lowest BCUT2D eigenvalue weighted by Gasteiger charge is -2.27. The minimum atomic E-state index is -0.0218. The van der Waals surface area contributed by atoms with Gasteiger partial charge in [0.25, 0.3) is 5.91 Å². The average molecular weight is 385 g/mol. The highest BCUT2D eigenvalue weighted by Gasteiger charge is 2.32. The van der Waals surface area contributed by atoms with Crippen molar-refractivity contribution < 1.29 is 23.7 Å². The quantitative estimate of drug-likeness (QED) is 0.649. The highest BCUT2D eigenvalue weighted by Crippen LogP contribution is 2.39. The summed E-state index contributed by atoms with van der Waals surface area (Å²) in [5, 5.41) is 0. The van der Waals surface area contributed by atoms with Crippen LogP contribution in [0.3, 0.4) is 0 Å². The minimum Gasteiger partial charge on any atom is -0.497 e. The molecule has 6 nitrogen and oxygen atoms in total. The van der Waals surface area contributed by atoms with Crippen molar-refractivity contribution in [1.29, 1.82) is 0 Å². The van der Waals surface area contributed by atoms with E-state index in [1.54, 1.807) is 27.4 Å². The van der Waals surface area contributed by atoms with Gasteiger partial charge < -0.3 is 23.8 Å². The Hall–Kier alpha value is -2.73. The van der Waals surface area contributed by atoms with Crippen molar-refractivity contribution in [3.8, 4) is 17.2 Å². The predicted octanol–water partition coefficient (Wildman–Crippen LogP) is 3.71. The van der Waals surface area contributed by atoms with Gasteiger partial charge in [0.15, 0.2) is 0 Å². The number of methoxy groups -OCH3 is 3. The smallest absolute Gasteiger partial charge is 0.254 e. The summed E-state index contributed by atoms with van der Waals surface area (Å²) < 4.78 is 21.5. The Kier molecular flexibility index (Phi) is 6.76. The molecule has 2 aromatic carbocycles. The van der Waals surface area contributed by atoms with E-state index >= 15 is 0 Å². The van der Waals surface area contributed by atoms with E-state index in [-0.39, 0.29) is 11.9 Å². The monoisotopic (exact) mass is 385 g/mol. The first-order chi connectivity index (χ1) is 13.7. The molecule has 0 bridgehead atoms. The summed E-state index contributed by atoms with van der Waals surface area (Å²) in [7, 11) is 4.89. The molecule has 1 aliphatic heterocycles. The molecule has 0 aromatic heterocycles. The second-order valence-corrected chi connectivity index (χ2v) is 6.63. The molecule has 1 atom stereocenters. The maximum Gasteiger partial charge on any atom is 0.254 e. The molecule has 1 saturated heterocycles. The molecule has 0 spiro atoms. The molecule has 1 amide bonds. The van der Waals surface area contributed by atoms with Gasteiger partial charge in [-0.3, -0.25) is 4.79 Å². The fourth-order valence-corrected chi connectivity index (χ4v) is 3.55. The Bertz CT molecular complexity index is 807. The number of likely N-dealkylation sites (tertiary alicyclic amines) is 1. The van der Waals surface area contributed by atoms with Gasteiger partial charge in [-0.15, -0.1) is 0 Å². The fourth-order valence-electron chi connectivity index (χ4n) is 3.55. The highest BCUT2D eigenvalue weighted by molar-refractivity contribution is 5.95. The molecule has 1 unspecified atom stereocenters. The molecule has 0 N–H and O–H groups in total. The number of carbonyl (C=O) groups is 1. The number of hydrogen-bond acceptors (Lipinski definition) is 5. The molecule has 1 fully saturated rings. The molecular formula is C22H27NO5. The summed E-state index contributed by atoms with van der Waals surface area (Å²) in [6.45, 7) is 1.67. The van der Waals surface area contributed by atoms with E-state index in [0.717, 1.165) is 29.9 Å². The molecular weight excluding hydrogens is 358 g/mol. The van der Waals surface area contributed by atoms with Gasteiger partial charge in [-0.25, -0.2) is 0 Å². The summed E-state index contributed by atoms with van der Waals surface area (Å²) >= 11 is 0. The van der Waals surface area contributed by atoms with Gasteiger partial charge in [0.1, 0.15) is 23.9 Å². The summed E-state index contributed by atoms with van der Waals surface area (Å²) in [4.78, 5) is 15.1. The second kappa shape index (κ2) is 9.46. The van der Waals surface area contributed by atoms with Crippen LogP contribution in [0.4, 0.5) is 0 Å². The van der Waals surface area contributed by atoms with Crippen molar-refractivity contribution in [2.45, 2.75) is 18.9 Å². The summed E-state index contributed by atoms with van der Waals surface area (Å²) in [6, 6.07) is 13.0. The van der Waals surface area contributed by atoms with Gasteiger partial charge in [-0.1, -0.05) is 6.07 Å². The van der Waals surface area contributed by atoms with Crippen molar-refractivity contribution in [1.82, 2.24) is 4.90 Å². The van der Waals surface area contributed by atoms with Gasteiger partial charge in [-0.05, 0) is 43.2 Å². The van der Waals surface area contributed by atoms with E-state index in [1.165, 1.54) is 0 Å². The van der Waals surface area contributed by atoms with Crippen LogP contribution in [0.2, 0.25) is 0 Å². The van der Waals surface area contributed by atoms with E-state index in [2.05, 4.69) is 0 Å². The van der Waals surface area contributed by atoms with E-state index < -0.39 is 0 Å². The van der Waals surface area contributed by atoms with Crippen molar-refractivity contribution in [2.75, 3.05) is 41.1 Å². The molecule has 1 heterocycles. The van der Waals surface area contributed by atoms with Crippen molar-refractivity contribution in [3.63, 3.8) is 0 Å². The number of amides is 1. The van der Waals surface area contributed by atoms with E-state index in [4.69, 9.17) is 18.9 Å². The molecule has 0 saturated carbocycles. The zero-order valence-electron chi connectivity index (χ0n) is 16.6. The number of nitrogens with zero attached hydrogens (tertiary/aromatic N) is 1. The first kappa shape index (κ1) is 20.0. The van der Waals surface area contributed by atoms with Crippen molar-refractivity contribution in [2.24, 2.45) is 0 Å². The molecule has 1 aliphatic rings. The van der Waals surface area contributed by atoms with E-state index in [1.807, 2.05) is 41.3 Å². The first-order valence-electron chi connectivity index (χ1n) is 9.42. The largest absolute Gasteiger partial charge is 0.497 e. The molecule has 2 aromatic rings. The van der Waals surface area contributed by atoms with Crippen molar-refractivity contribution >= 4 is 5.91 Å². The minimum absolute atomic E-state index is 0.00226. The number of carbonyl (C=O) groups excluding carboxylic acids is 1. The predicted molar refractivity (Wildman–Crippen MR) is 106 cm³/mol. The number of rotatable bonds is 8.